The Balaban J connectivity index is 0.00000220. The lowest BCUT2D eigenvalue weighted by atomic mass is 10.1. The molecule has 1 amide bonds. The van der Waals surface area contributed by atoms with Crippen molar-refractivity contribution in [2.75, 3.05) is 44.3 Å². The molecule has 3 heterocycles. The first-order chi connectivity index (χ1) is 18.5. The predicted octanol–water partition coefficient (Wildman–Crippen LogP) is 5.22. The number of rotatable bonds is 9. The van der Waals surface area contributed by atoms with Crippen molar-refractivity contribution in [1.29, 1.82) is 0 Å². The summed E-state index contributed by atoms with van der Waals surface area (Å²) < 4.78 is 20.3. The molecule has 0 radical (unpaired) electrons. The Morgan fingerprint density at radius 1 is 1.10 bits per heavy atom. The molecule has 2 unspecified atom stereocenters. The number of carbonyl (C=O) groups is 1. The highest BCUT2D eigenvalue weighted by Crippen LogP contribution is 2.40. The number of nitrogens with zero attached hydrogens (tertiary/aromatic N) is 5. The molecule has 218 valence electrons. The molecule has 2 fully saturated rings. The van der Waals surface area contributed by atoms with E-state index in [4.69, 9.17) is 37.4 Å². The van der Waals surface area contributed by atoms with Gasteiger partial charge in [0, 0.05) is 48.9 Å². The molecule has 3 aromatic rings. The van der Waals surface area contributed by atoms with Crippen molar-refractivity contribution in [2.24, 2.45) is 0 Å². The second-order valence-corrected chi connectivity index (χ2v) is 10.3. The van der Waals surface area contributed by atoms with E-state index in [-0.39, 0.29) is 43.4 Å². The van der Waals surface area contributed by atoms with Gasteiger partial charge in [0.2, 0.25) is 11.7 Å². The first kappa shape index (κ1) is 32.2. The molecule has 9 nitrogen and oxygen atoms in total. The van der Waals surface area contributed by atoms with E-state index in [9.17, 15) is 4.79 Å². The standard InChI is InChI=1S/C27H31Cl2N5O4.2ClH/c1-2-3-26(35)33-12-10-32(11-13-33)21-5-7-22(8-6-21)36-15-23-16-37-27(38-23,17-34-19-30-18-31-34)24-9-4-20(28)14-25(24)29;;/h4-9,14,18-19,23H,2-3,10-13,15-17H2,1H3;2*1H. The molecule has 0 spiro atoms. The van der Waals surface area contributed by atoms with Crippen molar-refractivity contribution < 1.29 is 19.0 Å². The third kappa shape index (κ3) is 7.51. The number of hydrogen-bond donors (Lipinski definition) is 0. The number of halogens is 4. The molecule has 40 heavy (non-hydrogen) atoms. The zero-order chi connectivity index (χ0) is 26.5. The molecule has 0 N–H and O–H groups in total. The molecule has 1 aromatic heterocycles. The second-order valence-electron chi connectivity index (χ2n) is 9.44. The van der Waals surface area contributed by atoms with Gasteiger partial charge in [-0.1, -0.05) is 36.2 Å². The maximum Gasteiger partial charge on any atom is 0.222 e. The van der Waals surface area contributed by atoms with Gasteiger partial charge in [-0.05, 0) is 42.8 Å². The summed E-state index contributed by atoms with van der Waals surface area (Å²) in [5, 5.41) is 5.19. The van der Waals surface area contributed by atoms with Crippen LogP contribution in [0.4, 0.5) is 5.69 Å². The SMILES string of the molecule is CCCC(=O)N1CCN(c2ccc(OCC3COC(Cn4cncn4)(c4ccc(Cl)cc4Cl)O3)cc2)CC1.Cl.Cl. The van der Waals surface area contributed by atoms with E-state index >= 15 is 0 Å². The summed E-state index contributed by atoms with van der Waals surface area (Å²) in [5.74, 6) is -0.154. The van der Waals surface area contributed by atoms with Gasteiger partial charge in [0.25, 0.3) is 0 Å². The molecule has 2 aromatic carbocycles. The van der Waals surface area contributed by atoms with Gasteiger partial charge in [0.05, 0.1) is 11.6 Å². The first-order valence-electron chi connectivity index (χ1n) is 12.8. The van der Waals surface area contributed by atoms with E-state index in [1.807, 2.05) is 42.2 Å². The Morgan fingerprint density at radius 3 is 2.50 bits per heavy atom. The normalized spacial score (nSPS) is 20.5. The second kappa shape index (κ2) is 14.6. The number of aromatic nitrogens is 3. The molecule has 2 aliphatic rings. The Morgan fingerprint density at radius 2 is 1.85 bits per heavy atom. The number of ether oxygens (including phenoxy) is 3. The minimum Gasteiger partial charge on any atom is -0.491 e. The minimum absolute atomic E-state index is 0. The monoisotopic (exact) mass is 631 g/mol. The van der Waals surface area contributed by atoms with Crippen LogP contribution in [-0.2, 0) is 26.6 Å². The molecule has 0 saturated carbocycles. The van der Waals surface area contributed by atoms with Crippen LogP contribution in [0, 0.1) is 0 Å². The Hall–Kier alpha value is -2.27. The molecule has 2 atom stereocenters. The first-order valence-corrected chi connectivity index (χ1v) is 13.6. The fourth-order valence-electron chi connectivity index (χ4n) is 4.81. The summed E-state index contributed by atoms with van der Waals surface area (Å²) in [7, 11) is 0. The summed E-state index contributed by atoms with van der Waals surface area (Å²) >= 11 is 12.6. The van der Waals surface area contributed by atoms with Crippen LogP contribution < -0.4 is 9.64 Å². The lowest BCUT2D eigenvalue weighted by Crippen LogP contribution is -2.48. The number of piperazine rings is 1. The molecule has 0 bridgehead atoms. The molecule has 0 aliphatic carbocycles. The van der Waals surface area contributed by atoms with Gasteiger partial charge in [0.1, 0.15) is 37.7 Å². The Labute approximate surface area is 256 Å². The fraction of sp³-hybridized carbons (Fsp3) is 0.444. The van der Waals surface area contributed by atoms with Crippen molar-refractivity contribution in [3.63, 3.8) is 0 Å². The zero-order valence-electron chi connectivity index (χ0n) is 22.1. The van der Waals surface area contributed by atoms with Crippen molar-refractivity contribution in [3.05, 3.63) is 70.7 Å². The van der Waals surface area contributed by atoms with E-state index in [1.54, 1.807) is 23.1 Å². The van der Waals surface area contributed by atoms with E-state index in [2.05, 4.69) is 15.0 Å². The van der Waals surface area contributed by atoms with Crippen molar-refractivity contribution in [2.45, 2.75) is 38.2 Å². The molecule has 2 aliphatic heterocycles. The Bertz CT molecular complexity index is 1230. The lowest BCUT2D eigenvalue weighted by Gasteiger charge is -2.36. The molecular formula is C27H33Cl4N5O4. The van der Waals surface area contributed by atoms with Crippen molar-refractivity contribution in [3.8, 4) is 5.75 Å². The maximum atomic E-state index is 12.1. The van der Waals surface area contributed by atoms with Crippen LogP contribution in [0.2, 0.25) is 10.0 Å². The zero-order valence-corrected chi connectivity index (χ0v) is 25.2. The average Bonchev–Trinajstić information content (AvgIpc) is 3.59. The average molecular weight is 633 g/mol. The van der Waals surface area contributed by atoms with Crippen LogP contribution in [0.15, 0.2) is 55.1 Å². The third-order valence-corrected chi connectivity index (χ3v) is 7.32. The van der Waals surface area contributed by atoms with E-state index in [0.29, 0.717) is 35.2 Å². The van der Waals surface area contributed by atoms with Gasteiger partial charge in [-0.15, -0.1) is 24.8 Å². The van der Waals surface area contributed by atoms with Crippen LogP contribution in [0.5, 0.6) is 5.75 Å². The molecule has 13 heteroatoms. The van der Waals surface area contributed by atoms with Gasteiger partial charge in [-0.25, -0.2) is 9.67 Å². The highest BCUT2D eigenvalue weighted by atomic mass is 35.5. The van der Waals surface area contributed by atoms with Crippen LogP contribution in [0.1, 0.15) is 25.3 Å². The number of carbonyl (C=O) groups excluding carboxylic acids is 1. The summed E-state index contributed by atoms with van der Waals surface area (Å²) in [6.45, 7) is 6.10. The number of anilines is 1. The largest absolute Gasteiger partial charge is 0.491 e. The number of hydrogen-bond acceptors (Lipinski definition) is 7. The molecule has 2 saturated heterocycles. The maximum absolute atomic E-state index is 12.1. The fourth-order valence-corrected chi connectivity index (χ4v) is 5.36. The van der Waals surface area contributed by atoms with Crippen LogP contribution in [-0.4, -0.2) is 71.1 Å². The quantitative estimate of drug-likeness (QED) is 0.320. The van der Waals surface area contributed by atoms with Gasteiger partial charge in [0.15, 0.2) is 0 Å². The van der Waals surface area contributed by atoms with E-state index < -0.39 is 5.79 Å². The van der Waals surface area contributed by atoms with E-state index in [1.165, 1.54) is 6.33 Å². The highest BCUT2D eigenvalue weighted by Gasteiger charge is 2.45. The van der Waals surface area contributed by atoms with Gasteiger partial charge < -0.3 is 24.0 Å². The predicted molar refractivity (Wildman–Crippen MR) is 159 cm³/mol. The molecular weight excluding hydrogens is 600 g/mol. The smallest absolute Gasteiger partial charge is 0.222 e. The van der Waals surface area contributed by atoms with Crippen molar-refractivity contribution in [1.82, 2.24) is 19.7 Å². The summed E-state index contributed by atoms with van der Waals surface area (Å²) in [4.78, 5) is 20.4. The lowest BCUT2D eigenvalue weighted by molar-refractivity contribution is -0.190. The van der Waals surface area contributed by atoms with Crippen LogP contribution >= 0.6 is 48.0 Å². The number of benzene rings is 2. The summed E-state index contributed by atoms with van der Waals surface area (Å²) in [5.41, 5.74) is 1.78. The molecule has 5 rings (SSSR count). The van der Waals surface area contributed by atoms with Gasteiger partial charge in [-0.2, -0.15) is 5.10 Å². The van der Waals surface area contributed by atoms with Crippen LogP contribution in [0.25, 0.3) is 0 Å². The van der Waals surface area contributed by atoms with Crippen molar-refractivity contribution >= 4 is 59.6 Å². The highest BCUT2D eigenvalue weighted by molar-refractivity contribution is 6.35. The number of amides is 1. The summed E-state index contributed by atoms with van der Waals surface area (Å²) in [6.07, 6.45) is 4.25. The Kier molecular flexibility index (Phi) is 11.7. The third-order valence-electron chi connectivity index (χ3n) is 6.77. The summed E-state index contributed by atoms with van der Waals surface area (Å²) in [6, 6.07) is 13.2. The minimum atomic E-state index is -1.14. The van der Waals surface area contributed by atoms with Crippen LogP contribution in [0.3, 0.4) is 0 Å². The topological polar surface area (TPSA) is 82.0 Å². The van der Waals surface area contributed by atoms with Gasteiger partial charge >= 0.3 is 0 Å². The van der Waals surface area contributed by atoms with E-state index in [0.717, 1.165) is 44.0 Å². The van der Waals surface area contributed by atoms with Gasteiger partial charge in [-0.3, -0.25) is 4.79 Å².